The summed E-state index contributed by atoms with van der Waals surface area (Å²) in [4.78, 5) is 11.5. The van der Waals surface area contributed by atoms with Crippen molar-refractivity contribution in [3.05, 3.63) is 34.8 Å². The van der Waals surface area contributed by atoms with Crippen molar-refractivity contribution in [2.45, 2.75) is 26.7 Å². The number of carbonyl (C=O) groups excluding carboxylic acids is 1. The lowest BCUT2D eigenvalue weighted by Crippen LogP contribution is -2.03. The highest BCUT2D eigenvalue weighted by Crippen LogP contribution is 2.26. The van der Waals surface area contributed by atoms with E-state index in [1.165, 1.54) is 5.56 Å². The number of esters is 1. The first-order valence-electron chi connectivity index (χ1n) is 6.38. The molecule has 0 bridgehead atoms. The summed E-state index contributed by atoms with van der Waals surface area (Å²) in [6.07, 6.45) is 0. The van der Waals surface area contributed by atoms with Crippen LogP contribution in [0.25, 0.3) is 0 Å². The minimum Gasteiger partial charge on any atom is -0.461 e. The van der Waals surface area contributed by atoms with Gasteiger partial charge < -0.3 is 9.47 Å². The van der Waals surface area contributed by atoms with Crippen molar-refractivity contribution in [2.75, 3.05) is 6.61 Å². The van der Waals surface area contributed by atoms with Gasteiger partial charge in [-0.15, -0.1) is 5.10 Å². The Morgan fingerprint density at radius 3 is 2.55 bits per heavy atom. The number of nitrogens with zero attached hydrogens (tertiary/aromatic N) is 2. The Morgan fingerprint density at radius 2 is 1.95 bits per heavy atom. The Balaban J connectivity index is 2.05. The van der Waals surface area contributed by atoms with Crippen molar-refractivity contribution < 1.29 is 14.3 Å². The highest BCUT2D eigenvalue weighted by molar-refractivity contribution is 7.14. The number of ether oxygens (including phenoxy) is 2. The van der Waals surface area contributed by atoms with Crippen molar-refractivity contribution >= 4 is 17.3 Å². The summed E-state index contributed by atoms with van der Waals surface area (Å²) in [6.45, 7) is 6.32. The molecule has 2 rings (SSSR count). The lowest BCUT2D eigenvalue weighted by Gasteiger charge is -2.06. The largest absolute Gasteiger partial charge is 0.461 e. The van der Waals surface area contributed by atoms with E-state index >= 15 is 0 Å². The standard InChI is InChI=1S/C14H16N2O3S/c1-4-18-13(17)12-15-16-14(20-12)19-11-7-5-10(6-8-11)9(2)3/h5-9H,4H2,1-3H3. The van der Waals surface area contributed by atoms with E-state index in [1.807, 2.05) is 24.3 Å². The van der Waals surface area contributed by atoms with Crippen molar-refractivity contribution in [3.8, 4) is 10.9 Å². The first-order chi connectivity index (χ1) is 9.60. The summed E-state index contributed by atoms with van der Waals surface area (Å²) >= 11 is 1.07. The second kappa shape index (κ2) is 6.47. The van der Waals surface area contributed by atoms with Crippen LogP contribution in [-0.4, -0.2) is 22.8 Å². The Labute approximate surface area is 121 Å². The van der Waals surface area contributed by atoms with Gasteiger partial charge in [0.2, 0.25) is 5.01 Å². The van der Waals surface area contributed by atoms with Crippen LogP contribution in [0.1, 0.15) is 42.1 Å². The van der Waals surface area contributed by atoms with E-state index in [4.69, 9.17) is 9.47 Å². The van der Waals surface area contributed by atoms with Gasteiger partial charge in [-0.3, -0.25) is 0 Å². The predicted octanol–water partition coefficient (Wildman–Crippen LogP) is 3.63. The van der Waals surface area contributed by atoms with Gasteiger partial charge >= 0.3 is 5.97 Å². The number of carbonyl (C=O) groups is 1. The molecule has 0 radical (unpaired) electrons. The van der Waals surface area contributed by atoms with Gasteiger partial charge in [0.1, 0.15) is 5.75 Å². The third-order valence-electron chi connectivity index (χ3n) is 2.61. The Bertz CT molecular complexity index is 578. The summed E-state index contributed by atoms with van der Waals surface area (Å²) in [6, 6.07) is 7.77. The van der Waals surface area contributed by atoms with Crippen molar-refractivity contribution in [1.29, 1.82) is 0 Å². The maximum Gasteiger partial charge on any atom is 0.369 e. The smallest absolute Gasteiger partial charge is 0.369 e. The van der Waals surface area contributed by atoms with Gasteiger partial charge in [-0.1, -0.05) is 31.1 Å². The molecule has 0 aliphatic carbocycles. The molecule has 106 valence electrons. The van der Waals surface area contributed by atoms with E-state index in [1.54, 1.807) is 6.92 Å². The monoisotopic (exact) mass is 292 g/mol. The SMILES string of the molecule is CCOC(=O)c1nnc(Oc2ccc(C(C)C)cc2)s1. The number of hydrogen-bond acceptors (Lipinski definition) is 6. The van der Waals surface area contributed by atoms with Gasteiger partial charge in [0.05, 0.1) is 6.61 Å². The average Bonchev–Trinajstić information content (AvgIpc) is 2.88. The quantitative estimate of drug-likeness (QED) is 0.787. The van der Waals surface area contributed by atoms with Gasteiger partial charge in [0.15, 0.2) is 0 Å². The fraction of sp³-hybridized carbons (Fsp3) is 0.357. The molecular weight excluding hydrogens is 276 g/mol. The molecule has 0 unspecified atom stereocenters. The van der Waals surface area contributed by atoms with Crippen molar-refractivity contribution in [1.82, 2.24) is 10.2 Å². The first kappa shape index (κ1) is 14.5. The van der Waals surface area contributed by atoms with Crippen LogP contribution < -0.4 is 4.74 Å². The Morgan fingerprint density at radius 1 is 1.25 bits per heavy atom. The molecule has 2 aromatic rings. The summed E-state index contributed by atoms with van der Waals surface area (Å²) < 4.78 is 10.4. The molecule has 0 fully saturated rings. The lowest BCUT2D eigenvalue weighted by molar-refractivity contribution is 0.0525. The molecular formula is C14H16N2O3S. The molecule has 1 heterocycles. The van der Waals surface area contributed by atoms with Crippen LogP contribution in [0.15, 0.2) is 24.3 Å². The molecule has 6 heteroatoms. The molecule has 0 amide bonds. The maximum atomic E-state index is 11.5. The minimum atomic E-state index is -0.477. The van der Waals surface area contributed by atoms with Crippen LogP contribution >= 0.6 is 11.3 Å². The average molecular weight is 292 g/mol. The highest BCUT2D eigenvalue weighted by Gasteiger charge is 2.14. The Hall–Kier alpha value is -1.95. The third-order valence-corrected chi connectivity index (χ3v) is 3.39. The second-order valence-corrected chi connectivity index (χ2v) is 5.36. The zero-order valence-electron chi connectivity index (χ0n) is 11.6. The fourth-order valence-electron chi connectivity index (χ4n) is 1.55. The van der Waals surface area contributed by atoms with Gasteiger partial charge in [0.25, 0.3) is 5.19 Å². The van der Waals surface area contributed by atoms with Crippen LogP contribution in [0.5, 0.6) is 10.9 Å². The van der Waals surface area contributed by atoms with Crippen LogP contribution in [0.2, 0.25) is 0 Å². The zero-order chi connectivity index (χ0) is 14.5. The summed E-state index contributed by atoms with van der Waals surface area (Å²) in [5.41, 5.74) is 1.24. The molecule has 0 atom stereocenters. The number of benzene rings is 1. The molecule has 1 aromatic heterocycles. The van der Waals surface area contributed by atoms with Crippen LogP contribution in [-0.2, 0) is 4.74 Å². The summed E-state index contributed by atoms with van der Waals surface area (Å²) in [5.74, 6) is 0.664. The molecule has 20 heavy (non-hydrogen) atoms. The molecule has 0 aliphatic rings. The van der Waals surface area contributed by atoms with E-state index in [2.05, 4.69) is 24.0 Å². The van der Waals surface area contributed by atoms with E-state index in [0.29, 0.717) is 23.5 Å². The zero-order valence-corrected chi connectivity index (χ0v) is 12.4. The van der Waals surface area contributed by atoms with Crippen molar-refractivity contribution in [3.63, 3.8) is 0 Å². The van der Waals surface area contributed by atoms with Crippen LogP contribution in [0, 0.1) is 0 Å². The lowest BCUT2D eigenvalue weighted by atomic mass is 10.0. The topological polar surface area (TPSA) is 61.3 Å². The van der Waals surface area contributed by atoms with Gasteiger partial charge in [0, 0.05) is 0 Å². The molecule has 5 nitrogen and oxygen atoms in total. The number of hydrogen-bond donors (Lipinski definition) is 0. The first-order valence-corrected chi connectivity index (χ1v) is 7.20. The van der Waals surface area contributed by atoms with Gasteiger partial charge in [-0.05, 0) is 41.9 Å². The van der Waals surface area contributed by atoms with E-state index < -0.39 is 5.97 Å². The van der Waals surface area contributed by atoms with Crippen LogP contribution in [0.4, 0.5) is 0 Å². The van der Waals surface area contributed by atoms with Crippen molar-refractivity contribution in [2.24, 2.45) is 0 Å². The normalized spacial score (nSPS) is 10.6. The maximum absolute atomic E-state index is 11.5. The minimum absolute atomic E-state index is 0.195. The second-order valence-electron chi connectivity index (χ2n) is 4.42. The molecule has 0 saturated heterocycles. The molecule has 0 N–H and O–H groups in total. The van der Waals surface area contributed by atoms with E-state index in [9.17, 15) is 4.79 Å². The highest BCUT2D eigenvalue weighted by atomic mass is 32.1. The number of aromatic nitrogens is 2. The van der Waals surface area contributed by atoms with Gasteiger partial charge in [-0.2, -0.15) is 0 Å². The molecule has 0 aliphatic heterocycles. The predicted molar refractivity (Wildman–Crippen MR) is 76.5 cm³/mol. The van der Waals surface area contributed by atoms with E-state index in [0.717, 1.165) is 11.3 Å². The fourth-order valence-corrected chi connectivity index (χ4v) is 2.16. The van der Waals surface area contributed by atoms with E-state index in [-0.39, 0.29) is 5.01 Å². The molecule has 0 spiro atoms. The third kappa shape index (κ3) is 3.54. The Kier molecular flexibility index (Phi) is 4.68. The molecule has 1 aromatic carbocycles. The van der Waals surface area contributed by atoms with Crippen LogP contribution in [0.3, 0.4) is 0 Å². The van der Waals surface area contributed by atoms with Gasteiger partial charge in [-0.25, -0.2) is 4.79 Å². The molecule has 0 saturated carbocycles. The summed E-state index contributed by atoms with van der Waals surface area (Å²) in [5, 5.41) is 8.08. The number of rotatable bonds is 5. The summed E-state index contributed by atoms with van der Waals surface area (Å²) in [7, 11) is 0.